The van der Waals surface area contributed by atoms with Crippen LogP contribution in [0.15, 0.2) is 18.2 Å². The molecule has 0 aromatic heterocycles. The number of rotatable bonds is 5. The lowest BCUT2D eigenvalue weighted by Crippen LogP contribution is -2.51. The highest BCUT2D eigenvalue weighted by Gasteiger charge is 2.24. The van der Waals surface area contributed by atoms with Gasteiger partial charge in [-0.3, -0.25) is 9.59 Å². The van der Waals surface area contributed by atoms with E-state index in [-0.39, 0.29) is 18.7 Å². The summed E-state index contributed by atoms with van der Waals surface area (Å²) in [5, 5.41) is 15.1. The number of carbonyl (C=O) groups excluding carboxylic acids is 2. The third-order valence-electron chi connectivity index (χ3n) is 4.89. The second-order valence-corrected chi connectivity index (χ2v) is 6.83. The lowest BCUT2D eigenvalue weighted by Gasteiger charge is -2.24. The summed E-state index contributed by atoms with van der Waals surface area (Å²) in [5.41, 5.74) is 0.353. The van der Waals surface area contributed by atoms with E-state index in [1.807, 2.05) is 0 Å². The Hall–Kier alpha value is -2.28. The molecule has 1 aliphatic heterocycles. The largest absolute Gasteiger partial charge is 0.454 e. The molecule has 2 amide bonds. The molecular formula is C19H26N2O5. The Balaban J connectivity index is 1.57. The van der Waals surface area contributed by atoms with Crippen molar-refractivity contribution >= 4 is 11.8 Å². The Labute approximate surface area is 153 Å². The van der Waals surface area contributed by atoms with E-state index in [2.05, 4.69) is 10.6 Å². The molecule has 1 heterocycles. The summed E-state index contributed by atoms with van der Waals surface area (Å²) < 4.78 is 10.5. The van der Waals surface area contributed by atoms with Crippen LogP contribution in [0.25, 0.3) is 0 Å². The zero-order valence-electron chi connectivity index (χ0n) is 14.8. The minimum absolute atomic E-state index is 0.110. The van der Waals surface area contributed by atoms with Crippen LogP contribution >= 0.6 is 0 Å². The second kappa shape index (κ2) is 8.89. The zero-order chi connectivity index (χ0) is 18.4. The van der Waals surface area contributed by atoms with Gasteiger partial charge in [0, 0.05) is 11.6 Å². The van der Waals surface area contributed by atoms with Gasteiger partial charge in [-0.05, 0) is 31.0 Å². The van der Waals surface area contributed by atoms with Crippen LogP contribution in [-0.4, -0.2) is 42.4 Å². The Morgan fingerprint density at radius 3 is 2.50 bits per heavy atom. The molecule has 1 fully saturated rings. The van der Waals surface area contributed by atoms with Crippen LogP contribution < -0.4 is 20.1 Å². The van der Waals surface area contributed by atoms with Crippen LogP contribution in [0.1, 0.15) is 55.3 Å². The van der Waals surface area contributed by atoms with Gasteiger partial charge in [0.05, 0.1) is 6.61 Å². The van der Waals surface area contributed by atoms with E-state index in [0.29, 0.717) is 17.1 Å². The van der Waals surface area contributed by atoms with E-state index in [9.17, 15) is 14.7 Å². The van der Waals surface area contributed by atoms with E-state index < -0.39 is 18.6 Å². The Kier molecular flexibility index (Phi) is 6.33. The number of carbonyl (C=O) groups is 2. The van der Waals surface area contributed by atoms with Gasteiger partial charge < -0.3 is 25.2 Å². The molecule has 3 N–H and O–H groups in total. The molecule has 1 saturated carbocycles. The lowest BCUT2D eigenvalue weighted by molar-refractivity contribution is -0.124. The van der Waals surface area contributed by atoms with Gasteiger partial charge >= 0.3 is 0 Å². The molecule has 1 aromatic rings. The summed E-state index contributed by atoms with van der Waals surface area (Å²) in [4.78, 5) is 24.9. The minimum atomic E-state index is -0.974. The predicted octanol–water partition coefficient (Wildman–Crippen LogP) is 1.74. The van der Waals surface area contributed by atoms with Gasteiger partial charge in [0.2, 0.25) is 12.7 Å². The lowest BCUT2D eigenvalue weighted by atomic mass is 9.96. The summed E-state index contributed by atoms with van der Waals surface area (Å²) in [6, 6.07) is 3.96. The molecule has 7 nitrogen and oxygen atoms in total. The van der Waals surface area contributed by atoms with Gasteiger partial charge in [0.1, 0.15) is 6.04 Å². The number of aliphatic hydroxyl groups excluding tert-OH is 1. The van der Waals surface area contributed by atoms with Crippen LogP contribution in [0, 0.1) is 0 Å². The van der Waals surface area contributed by atoms with Crippen molar-refractivity contribution in [3.8, 4) is 11.5 Å². The first-order valence-electron chi connectivity index (χ1n) is 9.29. The minimum Gasteiger partial charge on any atom is -0.454 e. The molecule has 3 rings (SSSR count). The van der Waals surface area contributed by atoms with Gasteiger partial charge in [0.25, 0.3) is 5.91 Å². The number of aliphatic hydroxyl groups is 1. The van der Waals surface area contributed by atoms with Crippen molar-refractivity contribution in [1.29, 1.82) is 0 Å². The highest BCUT2D eigenvalue weighted by atomic mass is 16.7. The first-order valence-corrected chi connectivity index (χ1v) is 9.29. The first-order chi connectivity index (χ1) is 12.7. The molecule has 1 aromatic carbocycles. The van der Waals surface area contributed by atoms with Crippen molar-refractivity contribution in [3.63, 3.8) is 0 Å². The van der Waals surface area contributed by atoms with Gasteiger partial charge in [-0.15, -0.1) is 0 Å². The van der Waals surface area contributed by atoms with E-state index in [0.717, 1.165) is 25.7 Å². The fourth-order valence-corrected chi connectivity index (χ4v) is 3.38. The van der Waals surface area contributed by atoms with Crippen LogP contribution in [0.2, 0.25) is 0 Å². The SMILES string of the molecule is O=C(N[C@@H](CO)C(=O)NC1CCCCCCC1)c1ccc2c(c1)OCO2. The third kappa shape index (κ3) is 4.66. The van der Waals surface area contributed by atoms with Crippen LogP contribution in [0.5, 0.6) is 11.5 Å². The standard InChI is InChI=1S/C19H26N2O5/c22-11-15(19(24)20-14-6-4-2-1-3-5-7-14)21-18(23)13-8-9-16-17(10-13)26-12-25-16/h8-10,14-15,22H,1-7,11-12H2,(H,20,24)(H,21,23)/t15-/m0/s1. The summed E-state index contributed by atoms with van der Waals surface area (Å²) in [6.07, 6.45) is 7.72. The molecule has 0 bridgehead atoms. The summed E-state index contributed by atoms with van der Waals surface area (Å²) in [5.74, 6) is 0.307. The quantitative estimate of drug-likeness (QED) is 0.741. The zero-order valence-corrected chi connectivity index (χ0v) is 14.8. The van der Waals surface area contributed by atoms with Crippen LogP contribution in [0.4, 0.5) is 0 Å². The Morgan fingerprint density at radius 1 is 1.08 bits per heavy atom. The van der Waals surface area contributed by atoms with E-state index in [4.69, 9.17) is 9.47 Å². The van der Waals surface area contributed by atoms with Crippen molar-refractivity contribution in [2.75, 3.05) is 13.4 Å². The van der Waals surface area contributed by atoms with Crippen molar-refractivity contribution in [1.82, 2.24) is 10.6 Å². The summed E-state index contributed by atoms with van der Waals surface area (Å²) >= 11 is 0. The third-order valence-corrected chi connectivity index (χ3v) is 4.89. The monoisotopic (exact) mass is 362 g/mol. The molecule has 7 heteroatoms. The molecule has 142 valence electrons. The maximum atomic E-state index is 12.5. The van der Waals surface area contributed by atoms with Crippen molar-refractivity contribution < 1.29 is 24.2 Å². The average Bonchev–Trinajstić information content (AvgIpc) is 3.09. The number of hydrogen-bond acceptors (Lipinski definition) is 5. The first kappa shape index (κ1) is 18.5. The highest BCUT2D eigenvalue weighted by molar-refractivity contribution is 5.98. The number of benzene rings is 1. The van der Waals surface area contributed by atoms with Crippen molar-refractivity contribution in [2.24, 2.45) is 0 Å². The summed E-state index contributed by atoms with van der Waals surface area (Å²) in [6.45, 7) is -0.321. The number of amides is 2. The molecule has 0 unspecified atom stereocenters. The highest BCUT2D eigenvalue weighted by Crippen LogP contribution is 2.32. The molecule has 0 radical (unpaired) electrons. The molecule has 2 aliphatic rings. The number of hydrogen-bond donors (Lipinski definition) is 3. The van der Waals surface area contributed by atoms with Gasteiger partial charge in [-0.2, -0.15) is 0 Å². The number of ether oxygens (including phenoxy) is 2. The topological polar surface area (TPSA) is 96.9 Å². The van der Waals surface area contributed by atoms with Gasteiger partial charge in [0.15, 0.2) is 11.5 Å². The number of nitrogens with one attached hydrogen (secondary N) is 2. The second-order valence-electron chi connectivity index (χ2n) is 6.83. The molecule has 1 aliphatic carbocycles. The molecule has 0 saturated heterocycles. The number of fused-ring (bicyclic) bond motifs is 1. The maximum Gasteiger partial charge on any atom is 0.252 e. The average molecular weight is 362 g/mol. The predicted molar refractivity (Wildman–Crippen MR) is 95.2 cm³/mol. The van der Waals surface area contributed by atoms with E-state index in [1.165, 1.54) is 19.3 Å². The fourth-order valence-electron chi connectivity index (χ4n) is 3.38. The van der Waals surface area contributed by atoms with Crippen molar-refractivity contribution in [3.05, 3.63) is 23.8 Å². The normalized spacial score (nSPS) is 18.5. The smallest absolute Gasteiger partial charge is 0.252 e. The fraction of sp³-hybridized carbons (Fsp3) is 0.579. The van der Waals surface area contributed by atoms with Gasteiger partial charge in [-0.25, -0.2) is 0 Å². The Bertz CT molecular complexity index is 641. The summed E-state index contributed by atoms with van der Waals surface area (Å²) in [7, 11) is 0. The Morgan fingerprint density at radius 2 is 1.77 bits per heavy atom. The van der Waals surface area contributed by atoms with E-state index in [1.54, 1.807) is 18.2 Å². The molecule has 1 atom stereocenters. The van der Waals surface area contributed by atoms with Crippen molar-refractivity contribution in [2.45, 2.75) is 57.0 Å². The van der Waals surface area contributed by atoms with Crippen LogP contribution in [-0.2, 0) is 4.79 Å². The maximum absolute atomic E-state index is 12.5. The molecule has 0 spiro atoms. The van der Waals surface area contributed by atoms with Gasteiger partial charge in [-0.1, -0.05) is 32.1 Å². The molecule has 26 heavy (non-hydrogen) atoms. The van der Waals surface area contributed by atoms with Crippen LogP contribution in [0.3, 0.4) is 0 Å². The molecular weight excluding hydrogens is 336 g/mol. The van der Waals surface area contributed by atoms with E-state index >= 15 is 0 Å².